The van der Waals surface area contributed by atoms with Gasteiger partial charge in [0, 0.05) is 18.9 Å². The Bertz CT molecular complexity index is 265. The molecule has 0 atom stereocenters. The van der Waals surface area contributed by atoms with Crippen LogP contribution in [0.1, 0.15) is 6.42 Å². The van der Waals surface area contributed by atoms with Crippen LogP contribution in [0.3, 0.4) is 0 Å². The summed E-state index contributed by atoms with van der Waals surface area (Å²) in [7, 11) is 0. The Labute approximate surface area is 98.4 Å². The van der Waals surface area contributed by atoms with Gasteiger partial charge in [-0.25, -0.2) is 0 Å². The third-order valence-electron chi connectivity index (χ3n) is 1.51. The molecule has 0 bridgehead atoms. The molecule has 16 heavy (non-hydrogen) atoms. The molecular formula is C9H15N3O3S. The van der Waals surface area contributed by atoms with Crippen molar-refractivity contribution in [3.63, 3.8) is 0 Å². The Kier molecular flexibility index (Phi) is 9.46. The fourth-order valence-corrected chi connectivity index (χ4v) is 1.57. The summed E-state index contributed by atoms with van der Waals surface area (Å²) in [5.74, 6) is 0.00416. The maximum atomic E-state index is 11.1. The van der Waals surface area contributed by atoms with Crippen molar-refractivity contribution in [2.45, 2.75) is 6.42 Å². The lowest BCUT2D eigenvalue weighted by Gasteiger charge is -2.03. The molecule has 0 saturated heterocycles. The summed E-state index contributed by atoms with van der Waals surface area (Å²) in [4.78, 5) is 22.0. The van der Waals surface area contributed by atoms with Crippen molar-refractivity contribution >= 4 is 23.6 Å². The van der Waals surface area contributed by atoms with Gasteiger partial charge in [-0.1, -0.05) is 0 Å². The molecule has 0 aliphatic rings. The highest BCUT2D eigenvalue weighted by atomic mass is 32.2. The molecular weight excluding hydrogens is 230 g/mol. The van der Waals surface area contributed by atoms with Crippen LogP contribution in [0.2, 0.25) is 0 Å². The first-order chi connectivity index (χ1) is 7.72. The van der Waals surface area contributed by atoms with E-state index < -0.39 is 11.8 Å². The number of nitrogens with one attached hydrogen (secondary N) is 2. The van der Waals surface area contributed by atoms with Crippen LogP contribution in [0.4, 0.5) is 0 Å². The Hall–Kier alpha value is -1.26. The number of nitriles is 1. The van der Waals surface area contributed by atoms with Crippen molar-refractivity contribution < 1.29 is 14.7 Å². The van der Waals surface area contributed by atoms with Crippen LogP contribution in [-0.4, -0.2) is 48.1 Å². The summed E-state index contributed by atoms with van der Waals surface area (Å²) in [5.41, 5.74) is 0. The van der Waals surface area contributed by atoms with Crippen LogP contribution in [0.25, 0.3) is 0 Å². The van der Waals surface area contributed by atoms with Crippen molar-refractivity contribution in [1.82, 2.24) is 10.6 Å². The lowest BCUT2D eigenvalue weighted by atomic mass is 10.5. The highest BCUT2D eigenvalue weighted by Gasteiger charge is 2.10. The molecule has 0 aromatic carbocycles. The normalized spacial score (nSPS) is 9.25. The molecule has 0 unspecified atom stereocenters. The average molecular weight is 245 g/mol. The molecule has 0 saturated carbocycles. The van der Waals surface area contributed by atoms with Gasteiger partial charge in [0.25, 0.3) is 0 Å². The van der Waals surface area contributed by atoms with E-state index in [4.69, 9.17) is 10.4 Å². The maximum absolute atomic E-state index is 11.1. The fourth-order valence-electron chi connectivity index (χ4n) is 0.786. The van der Waals surface area contributed by atoms with E-state index in [0.29, 0.717) is 12.3 Å². The topological polar surface area (TPSA) is 102 Å². The third kappa shape index (κ3) is 8.08. The molecule has 7 heteroatoms. The summed E-state index contributed by atoms with van der Waals surface area (Å²) in [6, 6.07) is 1.70. The second-order valence-electron chi connectivity index (χ2n) is 2.79. The summed E-state index contributed by atoms with van der Waals surface area (Å²) >= 11 is 1.59. The molecule has 0 radical (unpaired) electrons. The summed E-state index contributed by atoms with van der Waals surface area (Å²) in [6.07, 6.45) is 0.723. The summed E-state index contributed by atoms with van der Waals surface area (Å²) in [5, 5.41) is 21.2. The number of hydrogen-bond donors (Lipinski definition) is 3. The number of hydrogen-bond acceptors (Lipinski definition) is 5. The van der Waals surface area contributed by atoms with Gasteiger partial charge in [0.1, 0.15) is 6.54 Å². The standard InChI is InChI=1S/C9H15N3O3S/c10-2-3-11-8(14)9(15)12-4-7-16-6-1-5-13/h13H,1,3-7H2,(H,11,14)(H,12,15). The molecule has 6 nitrogen and oxygen atoms in total. The van der Waals surface area contributed by atoms with Crippen LogP contribution in [0.5, 0.6) is 0 Å². The van der Waals surface area contributed by atoms with Gasteiger partial charge >= 0.3 is 11.8 Å². The van der Waals surface area contributed by atoms with Crippen LogP contribution < -0.4 is 10.6 Å². The smallest absolute Gasteiger partial charge is 0.310 e. The van der Waals surface area contributed by atoms with E-state index in [9.17, 15) is 9.59 Å². The first-order valence-corrected chi connectivity index (χ1v) is 5.99. The number of aliphatic hydroxyl groups is 1. The second kappa shape index (κ2) is 10.3. The van der Waals surface area contributed by atoms with Gasteiger partial charge in [0.2, 0.25) is 0 Å². The SMILES string of the molecule is N#CCNC(=O)C(=O)NCCSCCCO. The lowest BCUT2D eigenvalue weighted by Crippen LogP contribution is -2.40. The van der Waals surface area contributed by atoms with Gasteiger partial charge in [-0.3, -0.25) is 9.59 Å². The zero-order valence-electron chi connectivity index (χ0n) is 8.86. The van der Waals surface area contributed by atoms with E-state index in [1.54, 1.807) is 17.8 Å². The number of aliphatic hydroxyl groups excluding tert-OH is 1. The Morgan fingerprint density at radius 1 is 1.25 bits per heavy atom. The molecule has 0 aliphatic carbocycles. The van der Waals surface area contributed by atoms with E-state index >= 15 is 0 Å². The quantitative estimate of drug-likeness (QED) is 0.299. The highest BCUT2D eigenvalue weighted by Crippen LogP contribution is 1.99. The van der Waals surface area contributed by atoms with Crippen molar-refractivity contribution in [2.75, 3.05) is 31.2 Å². The number of thioether (sulfide) groups is 1. The Balaban J connectivity index is 3.43. The molecule has 0 fully saturated rings. The van der Waals surface area contributed by atoms with Crippen LogP contribution in [0, 0.1) is 11.3 Å². The molecule has 0 aromatic rings. The molecule has 0 spiro atoms. The summed E-state index contributed by atoms with van der Waals surface area (Å²) in [6.45, 7) is 0.391. The Morgan fingerprint density at radius 2 is 1.94 bits per heavy atom. The van der Waals surface area contributed by atoms with Gasteiger partial charge < -0.3 is 15.7 Å². The average Bonchev–Trinajstić information content (AvgIpc) is 2.30. The van der Waals surface area contributed by atoms with Gasteiger partial charge in [-0.05, 0) is 12.2 Å². The zero-order chi connectivity index (χ0) is 12.2. The van der Waals surface area contributed by atoms with Crippen molar-refractivity contribution in [2.24, 2.45) is 0 Å². The van der Waals surface area contributed by atoms with Crippen LogP contribution >= 0.6 is 11.8 Å². The minimum absolute atomic E-state index is 0.163. The van der Waals surface area contributed by atoms with E-state index in [1.165, 1.54) is 0 Å². The highest BCUT2D eigenvalue weighted by molar-refractivity contribution is 7.99. The fraction of sp³-hybridized carbons (Fsp3) is 0.667. The molecule has 2 amide bonds. The van der Waals surface area contributed by atoms with Gasteiger partial charge in [0.05, 0.1) is 6.07 Å². The first-order valence-electron chi connectivity index (χ1n) is 4.84. The molecule has 90 valence electrons. The predicted octanol–water partition coefficient (Wildman–Crippen LogP) is -1.14. The molecule has 0 heterocycles. The molecule has 0 aliphatic heterocycles. The van der Waals surface area contributed by atoms with E-state index in [2.05, 4.69) is 10.6 Å². The molecule has 0 aromatic heterocycles. The van der Waals surface area contributed by atoms with Gasteiger partial charge in [-0.2, -0.15) is 17.0 Å². The van der Waals surface area contributed by atoms with E-state index in [1.807, 2.05) is 0 Å². The molecule has 3 N–H and O–H groups in total. The minimum atomic E-state index is -0.790. The van der Waals surface area contributed by atoms with Crippen molar-refractivity contribution in [1.29, 1.82) is 5.26 Å². The van der Waals surface area contributed by atoms with E-state index in [-0.39, 0.29) is 13.2 Å². The van der Waals surface area contributed by atoms with E-state index in [0.717, 1.165) is 12.2 Å². The number of nitrogens with zero attached hydrogens (tertiary/aromatic N) is 1. The number of amides is 2. The zero-order valence-corrected chi connectivity index (χ0v) is 9.68. The van der Waals surface area contributed by atoms with Gasteiger partial charge in [0.15, 0.2) is 0 Å². The first kappa shape index (κ1) is 14.7. The minimum Gasteiger partial charge on any atom is -0.396 e. The summed E-state index contributed by atoms with van der Waals surface area (Å²) < 4.78 is 0. The van der Waals surface area contributed by atoms with Crippen LogP contribution in [-0.2, 0) is 9.59 Å². The number of carbonyl (C=O) groups is 2. The third-order valence-corrected chi connectivity index (χ3v) is 2.58. The monoisotopic (exact) mass is 245 g/mol. The lowest BCUT2D eigenvalue weighted by molar-refractivity contribution is -0.138. The van der Waals surface area contributed by atoms with Crippen molar-refractivity contribution in [3.8, 4) is 6.07 Å². The van der Waals surface area contributed by atoms with Crippen molar-refractivity contribution in [3.05, 3.63) is 0 Å². The number of rotatable bonds is 7. The Morgan fingerprint density at radius 3 is 2.56 bits per heavy atom. The predicted molar refractivity (Wildman–Crippen MR) is 60.7 cm³/mol. The van der Waals surface area contributed by atoms with Crippen LogP contribution in [0.15, 0.2) is 0 Å². The van der Waals surface area contributed by atoms with Gasteiger partial charge in [-0.15, -0.1) is 0 Å². The maximum Gasteiger partial charge on any atom is 0.310 e. The largest absolute Gasteiger partial charge is 0.396 e. The number of carbonyl (C=O) groups excluding carboxylic acids is 2. The molecule has 0 rings (SSSR count). The second-order valence-corrected chi connectivity index (χ2v) is 4.01.